The maximum absolute atomic E-state index is 13.0. The molecule has 0 bridgehead atoms. The molecule has 0 N–H and O–H groups in total. The monoisotopic (exact) mass is 481 g/mol. The van der Waals surface area contributed by atoms with Gasteiger partial charge in [-0.2, -0.15) is 4.31 Å². The fourth-order valence-corrected chi connectivity index (χ4v) is 6.66. The van der Waals surface area contributed by atoms with Crippen molar-refractivity contribution in [3.05, 3.63) is 63.0 Å². The van der Waals surface area contributed by atoms with E-state index < -0.39 is 10.0 Å². The van der Waals surface area contributed by atoms with Crippen molar-refractivity contribution in [2.75, 3.05) is 31.1 Å². The van der Waals surface area contributed by atoms with Gasteiger partial charge in [-0.25, -0.2) is 13.4 Å². The van der Waals surface area contributed by atoms with Crippen molar-refractivity contribution in [2.24, 2.45) is 0 Å². The summed E-state index contributed by atoms with van der Waals surface area (Å²) in [5.74, 6) is 0. The Morgan fingerprint density at radius 2 is 1.63 bits per heavy atom. The van der Waals surface area contributed by atoms with E-state index in [0.717, 1.165) is 16.4 Å². The molecule has 2 aromatic carbocycles. The summed E-state index contributed by atoms with van der Waals surface area (Å²) in [6.07, 6.45) is 0. The van der Waals surface area contributed by atoms with Crippen LogP contribution < -0.4 is 4.90 Å². The number of sulfonamides is 1. The van der Waals surface area contributed by atoms with Crippen LogP contribution in [0.15, 0.2) is 46.7 Å². The van der Waals surface area contributed by atoms with Crippen LogP contribution in [0.25, 0.3) is 11.3 Å². The number of rotatable bonds is 4. The molecule has 0 radical (unpaired) electrons. The largest absolute Gasteiger partial charge is 0.345 e. The van der Waals surface area contributed by atoms with Gasteiger partial charge in [0, 0.05) is 42.1 Å². The first kappa shape index (κ1) is 21.6. The lowest BCUT2D eigenvalue weighted by molar-refractivity contribution is 0.385. The van der Waals surface area contributed by atoms with Gasteiger partial charge < -0.3 is 4.90 Å². The summed E-state index contributed by atoms with van der Waals surface area (Å²) in [5, 5.41) is 3.51. The molecule has 5 nitrogen and oxygen atoms in total. The normalized spacial score (nSPS) is 15.5. The number of aromatic nitrogens is 1. The molecule has 1 saturated heterocycles. The van der Waals surface area contributed by atoms with E-state index in [4.69, 9.17) is 28.2 Å². The quantitative estimate of drug-likeness (QED) is 0.510. The van der Waals surface area contributed by atoms with E-state index in [9.17, 15) is 8.42 Å². The predicted molar refractivity (Wildman–Crippen MR) is 124 cm³/mol. The van der Waals surface area contributed by atoms with Crippen LogP contribution in [0.4, 0.5) is 5.13 Å². The Hall–Kier alpha value is -1.64. The highest BCUT2D eigenvalue weighted by Gasteiger charge is 2.31. The third kappa shape index (κ3) is 4.36. The molecular weight excluding hydrogens is 461 g/mol. The van der Waals surface area contributed by atoms with E-state index >= 15 is 0 Å². The van der Waals surface area contributed by atoms with Crippen LogP contribution in [-0.2, 0) is 10.0 Å². The van der Waals surface area contributed by atoms with Crippen molar-refractivity contribution in [1.29, 1.82) is 0 Å². The van der Waals surface area contributed by atoms with Gasteiger partial charge in [0.25, 0.3) is 0 Å². The highest BCUT2D eigenvalue weighted by molar-refractivity contribution is 7.89. The van der Waals surface area contributed by atoms with Gasteiger partial charge in [0.2, 0.25) is 10.0 Å². The van der Waals surface area contributed by atoms with Gasteiger partial charge in [0.15, 0.2) is 5.13 Å². The number of benzene rings is 2. The molecule has 0 saturated carbocycles. The third-order valence-electron chi connectivity index (χ3n) is 5.03. The molecule has 3 aromatic rings. The van der Waals surface area contributed by atoms with Gasteiger partial charge in [-0.05, 0) is 44.2 Å². The second-order valence-corrected chi connectivity index (χ2v) is 10.9. The Morgan fingerprint density at radius 1 is 0.967 bits per heavy atom. The summed E-state index contributed by atoms with van der Waals surface area (Å²) in [7, 11) is -3.66. The minimum atomic E-state index is -3.66. The smallest absolute Gasteiger partial charge is 0.244 e. The van der Waals surface area contributed by atoms with E-state index in [-0.39, 0.29) is 9.92 Å². The Kier molecular flexibility index (Phi) is 6.10. The molecule has 1 aliphatic rings. The third-order valence-corrected chi connectivity index (χ3v) is 8.55. The maximum atomic E-state index is 13.0. The Morgan fingerprint density at radius 3 is 2.27 bits per heavy atom. The van der Waals surface area contributed by atoms with Crippen LogP contribution in [0, 0.1) is 13.8 Å². The lowest BCUT2D eigenvalue weighted by Gasteiger charge is -2.33. The van der Waals surface area contributed by atoms with Gasteiger partial charge in [-0.15, -0.1) is 11.3 Å². The van der Waals surface area contributed by atoms with Crippen LogP contribution in [0.1, 0.15) is 11.1 Å². The average Bonchev–Trinajstić information content (AvgIpc) is 3.17. The van der Waals surface area contributed by atoms with E-state index in [1.807, 2.05) is 0 Å². The number of nitrogens with zero attached hydrogens (tertiary/aromatic N) is 3. The summed E-state index contributed by atoms with van der Waals surface area (Å²) in [5.41, 5.74) is 4.47. The molecule has 0 spiro atoms. The predicted octanol–water partition coefficient (Wildman–Crippen LogP) is 5.24. The zero-order valence-corrected chi connectivity index (χ0v) is 19.7. The number of thiazole rings is 1. The van der Waals surface area contributed by atoms with Crippen LogP contribution in [-0.4, -0.2) is 43.9 Å². The lowest BCUT2D eigenvalue weighted by Crippen LogP contribution is -2.48. The first-order valence-electron chi connectivity index (χ1n) is 9.48. The average molecular weight is 482 g/mol. The fourth-order valence-electron chi connectivity index (χ4n) is 3.61. The van der Waals surface area contributed by atoms with Crippen LogP contribution in [0.3, 0.4) is 0 Å². The molecule has 1 aliphatic heterocycles. The fraction of sp³-hybridized carbons (Fsp3) is 0.286. The van der Waals surface area contributed by atoms with Crippen molar-refractivity contribution < 1.29 is 8.42 Å². The van der Waals surface area contributed by atoms with Gasteiger partial charge in [-0.3, -0.25) is 0 Å². The molecule has 0 unspecified atom stereocenters. The minimum absolute atomic E-state index is 0.0911. The van der Waals surface area contributed by atoms with E-state index in [1.54, 1.807) is 17.4 Å². The molecule has 1 fully saturated rings. The number of hydrogen-bond donors (Lipinski definition) is 0. The van der Waals surface area contributed by atoms with Crippen LogP contribution >= 0.6 is 34.5 Å². The van der Waals surface area contributed by atoms with Crippen molar-refractivity contribution in [1.82, 2.24) is 9.29 Å². The van der Waals surface area contributed by atoms with Crippen molar-refractivity contribution in [3.8, 4) is 11.3 Å². The first-order valence-corrected chi connectivity index (χ1v) is 12.6. The summed E-state index contributed by atoms with van der Waals surface area (Å²) in [6, 6.07) is 10.9. The zero-order valence-electron chi connectivity index (χ0n) is 16.6. The molecule has 9 heteroatoms. The van der Waals surface area contributed by atoms with Crippen molar-refractivity contribution >= 4 is 49.7 Å². The molecule has 0 aliphatic carbocycles. The number of halogens is 2. The molecule has 0 amide bonds. The number of piperazine rings is 1. The number of hydrogen-bond acceptors (Lipinski definition) is 5. The first-order chi connectivity index (χ1) is 14.2. The van der Waals surface area contributed by atoms with Crippen LogP contribution in [0.5, 0.6) is 0 Å². The summed E-state index contributed by atoms with van der Waals surface area (Å²) >= 11 is 13.6. The number of aryl methyl sites for hydroxylation is 2. The van der Waals surface area contributed by atoms with Gasteiger partial charge in [0.05, 0.1) is 10.7 Å². The molecule has 1 aromatic heterocycles. The molecule has 0 atom stereocenters. The Labute approximate surface area is 190 Å². The topological polar surface area (TPSA) is 53.5 Å². The standard InChI is InChI=1S/C21H21Cl2N3O2S2/c1-14-9-15(2)11-16(10-14)19-13-29-21(24-19)25-5-7-26(8-6-25)30(27,28)20-4-3-17(22)12-18(20)23/h3-4,9-13H,5-8H2,1-2H3. The zero-order chi connectivity index (χ0) is 21.5. The minimum Gasteiger partial charge on any atom is -0.345 e. The summed E-state index contributed by atoms with van der Waals surface area (Å²) in [4.78, 5) is 7.02. The van der Waals surface area contributed by atoms with Crippen molar-refractivity contribution in [3.63, 3.8) is 0 Å². The van der Waals surface area contributed by atoms with Crippen LogP contribution in [0.2, 0.25) is 10.0 Å². The molecule has 4 rings (SSSR count). The van der Waals surface area contributed by atoms with E-state index in [0.29, 0.717) is 31.2 Å². The highest BCUT2D eigenvalue weighted by Crippen LogP contribution is 2.31. The van der Waals surface area contributed by atoms with Crippen molar-refractivity contribution in [2.45, 2.75) is 18.7 Å². The second-order valence-electron chi connectivity index (χ2n) is 7.36. The van der Waals surface area contributed by atoms with E-state index in [1.165, 1.54) is 27.6 Å². The maximum Gasteiger partial charge on any atom is 0.244 e. The summed E-state index contributed by atoms with van der Waals surface area (Å²) < 4.78 is 27.4. The lowest BCUT2D eigenvalue weighted by atomic mass is 10.1. The molecule has 30 heavy (non-hydrogen) atoms. The van der Waals surface area contributed by atoms with Gasteiger partial charge >= 0.3 is 0 Å². The van der Waals surface area contributed by atoms with Gasteiger partial charge in [0.1, 0.15) is 4.90 Å². The highest BCUT2D eigenvalue weighted by atomic mass is 35.5. The SMILES string of the molecule is Cc1cc(C)cc(-c2csc(N3CCN(S(=O)(=O)c4ccc(Cl)cc4Cl)CC3)n2)c1. The molecule has 2 heterocycles. The van der Waals surface area contributed by atoms with Gasteiger partial charge in [-0.1, -0.05) is 40.4 Å². The Balaban J connectivity index is 1.48. The Bertz CT molecular complexity index is 1170. The summed E-state index contributed by atoms with van der Waals surface area (Å²) in [6.45, 7) is 6.06. The van der Waals surface area contributed by atoms with E-state index in [2.05, 4.69) is 42.3 Å². The second kappa shape index (κ2) is 8.48. The molecule has 158 valence electrons. The number of anilines is 1. The molecular formula is C21H21Cl2N3O2S2.